The average molecular weight is 502 g/mol. The molecular formula is C27H29F2NO4S. The number of carbonyl (C=O) groups excluding carboxylic acids is 3. The highest BCUT2D eigenvalue weighted by Crippen LogP contribution is 2.35. The quantitative estimate of drug-likeness (QED) is 0.228. The van der Waals surface area contributed by atoms with Gasteiger partial charge in [0, 0.05) is 23.4 Å². The molecule has 0 spiro atoms. The van der Waals surface area contributed by atoms with Crippen LogP contribution in [0.25, 0.3) is 0 Å². The summed E-state index contributed by atoms with van der Waals surface area (Å²) in [5, 5.41) is 0. The third-order valence-corrected chi connectivity index (χ3v) is 7.06. The van der Waals surface area contributed by atoms with Gasteiger partial charge in [0.25, 0.3) is 5.91 Å². The fourth-order valence-corrected chi connectivity index (χ4v) is 4.86. The topological polar surface area (TPSA) is 63.7 Å². The second kappa shape index (κ2) is 12.0. The lowest BCUT2D eigenvalue weighted by Gasteiger charge is -2.16. The molecule has 0 bridgehead atoms. The molecule has 1 atom stereocenters. The number of thiophene rings is 1. The number of amides is 1. The summed E-state index contributed by atoms with van der Waals surface area (Å²) < 4.78 is 32.9. The number of rotatable bonds is 11. The molecule has 35 heavy (non-hydrogen) atoms. The molecule has 5 nitrogen and oxygen atoms in total. The van der Waals surface area contributed by atoms with E-state index in [1.165, 1.54) is 30.1 Å². The van der Waals surface area contributed by atoms with Crippen molar-refractivity contribution >= 4 is 29.0 Å². The summed E-state index contributed by atoms with van der Waals surface area (Å²) in [7, 11) is 1.30. The highest BCUT2D eigenvalue weighted by molar-refractivity contribution is 7.13. The van der Waals surface area contributed by atoms with Gasteiger partial charge in [-0.15, -0.1) is 11.3 Å². The zero-order valence-corrected chi connectivity index (χ0v) is 20.7. The molecule has 0 N–H and O–H groups in total. The Kier molecular flexibility index (Phi) is 9.13. The highest BCUT2D eigenvalue weighted by Gasteiger charge is 2.50. The number of carbonyl (C=O) groups is 3. The Bertz CT molecular complexity index is 1120. The zero-order valence-electron chi connectivity index (χ0n) is 19.9. The van der Waals surface area contributed by atoms with E-state index in [1.807, 2.05) is 37.3 Å². The largest absolute Gasteiger partial charge is 0.465 e. The number of halogens is 2. The highest BCUT2D eigenvalue weighted by atomic mass is 32.1. The van der Waals surface area contributed by atoms with Crippen LogP contribution in [0.5, 0.6) is 0 Å². The molecule has 2 aromatic rings. The van der Waals surface area contributed by atoms with Gasteiger partial charge in [-0.1, -0.05) is 43.0 Å². The maximum atomic E-state index is 14.1. The van der Waals surface area contributed by atoms with Gasteiger partial charge in [0.2, 0.25) is 0 Å². The molecule has 1 aliphatic heterocycles. The molecular weight excluding hydrogens is 472 g/mol. The van der Waals surface area contributed by atoms with Gasteiger partial charge < -0.3 is 9.64 Å². The van der Waals surface area contributed by atoms with E-state index in [4.69, 9.17) is 0 Å². The number of esters is 1. The summed E-state index contributed by atoms with van der Waals surface area (Å²) in [4.78, 5) is 38.7. The molecule has 0 radical (unpaired) electrons. The molecule has 8 heteroatoms. The van der Waals surface area contributed by atoms with Crippen LogP contribution in [0.3, 0.4) is 0 Å². The van der Waals surface area contributed by atoms with Crippen molar-refractivity contribution in [3.63, 3.8) is 0 Å². The van der Waals surface area contributed by atoms with Crippen molar-refractivity contribution in [2.75, 3.05) is 13.7 Å². The molecule has 186 valence electrons. The van der Waals surface area contributed by atoms with E-state index in [0.29, 0.717) is 24.1 Å². The van der Waals surface area contributed by atoms with E-state index in [9.17, 15) is 23.2 Å². The Balaban J connectivity index is 1.58. The molecule has 1 amide bonds. The number of alkyl halides is 2. The van der Waals surface area contributed by atoms with Crippen LogP contribution >= 0.6 is 11.3 Å². The van der Waals surface area contributed by atoms with Gasteiger partial charge >= 0.3 is 11.9 Å². The van der Waals surface area contributed by atoms with Crippen molar-refractivity contribution in [3.8, 4) is 0 Å². The van der Waals surface area contributed by atoms with Crippen molar-refractivity contribution < 1.29 is 27.9 Å². The summed E-state index contributed by atoms with van der Waals surface area (Å²) >= 11 is 1.27. The van der Waals surface area contributed by atoms with Crippen molar-refractivity contribution in [1.82, 2.24) is 4.90 Å². The van der Waals surface area contributed by atoms with Crippen molar-refractivity contribution in [1.29, 1.82) is 0 Å². The zero-order chi connectivity index (χ0) is 25.4. The Hall–Kier alpha value is -3.09. The molecule has 1 aliphatic rings. The number of ether oxygens (including phenoxy) is 1. The number of allylic oxidation sites excluding steroid dienone is 1. The van der Waals surface area contributed by atoms with E-state index in [-0.39, 0.29) is 23.9 Å². The predicted octanol–water partition coefficient (Wildman–Crippen LogP) is 5.60. The molecule has 1 saturated heterocycles. The normalized spacial score (nSPS) is 15.6. The molecule has 3 rings (SSSR count). The van der Waals surface area contributed by atoms with Gasteiger partial charge in [-0.3, -0.25) is 9.59 Å². The lowest BCUT2D eigenvalue weighted by Crippen LogP contribution is -2.33. The number of benzene rings is 1. The number of hydrogen-bond acceptors (Lipinski definition) is 5. The summed E-state index contributed by atoms with van der Waals surface area (Å²) in [6, 6.07) is 13.4. The Morgan fingerprint density at radius 3 is 2.63 bits per heavy atom. The maximum Gasteiger partial charge on any atom is 0.348 e. The third kappa shape index (κ3) is 7.20. The lowest BCUT2D eigenvalue weighted by atomic mass is 9.97. The monoisotopic (exact) mass is 501 g/mol. The minimum absolute atomic E-state index is 0.0336. The van der Waals surface area contributed by atoms with E-state index in [2.05, 4.69) is 10.5 Å². The second-order valence-corrected chi connectivity index (χ2v) is 9.78. The molecule has 0 aliphatic carbocycles. The molecule has 1 aromatic heterocycles. The van der Waals surface area contributed by atoms with E-state index < -0.39 is 24.2 Å². The van der Waals surface area contributed by atoms with Gasteiger partial charge in [-0.05, 0) is 49.8 Å². The van der Waals surface area contributed by atoms with Crippen LogP contribution in [0.1, 0.15) is 52.7 Å². The second-order valence-electron chi connectivity index (χ2n) is 8.62. The molecule has 2 heterocycles. The van der Waals surface area contributed by atoms with Crippen LogP contribution in [-0.4, -0.2) is 42.1 Å². The molecule has 0 saturated carbocycles. The Morgan fingerprint density at radius 1 is 1.17 bits per heavy atom. The first-order valence-corrected chi connectivity index (χ1v) is 12.4. The summed E-state index contributed by atoms with van der Waals surface area (Å²) in [6.07, 6.45) is 3.76. The van der Waals surface area contributed by atoms with Crippen molar-refractivity contribution in [3.05, 3.63) is 75.3 Å². The predicted molar refractivity (Wildman–Crippen MR) is 130 cm³/mol. The fourth-order valence-electron chi connectivity index (χ4n) is 3.90. The van der Waals surface area contributed by atoms with Crippen LogP contribution in [0.4, 0.5) is 8.78 Å². The first-order valence-electron chi connectivity index (χ1n) is 11.6. The van der Waals surface area contributed by atoms with Gasteiger partial charge in [-0.2, -0.15) is 8.78 Å². The van der Waals surface area contributed by atoms with Crippen molar-refractivity contribution in [2.45, 2.75) is 51.4 Å². The smallest absolute Gasteiger partial charge is 0.348 e. The van der Waals surface area contributed by atoms with Crippen LogP contribution in [-0.2, 0) is 27.2 Å². The Morgan fingerprint density at radius 2 is 1.91 bits per heavy atom. The number of ketones is 1. The molecule has 0 unspecified atom stereocenters. The van der Waals surface area contributed by atoms with Gasteiger partial charge in [0.05, 0.1) is 19.2 Å². The number of aryl methyl sites for hydroxylation is 2. The minimum Gasteiger partial charge on any atom is -0.465 e. The SMILES string of the molecule is COC(=O)c1ccc(CCCN2C(=O)C(F)(F)CC2=C=CC(=O)[C@H](C)CCCc2ccccc2)s1. The van der Waals surface area contributed by atoms with E-state index in [1.54, 1.807) is 12.1 Å². The van der Waals surface area contributed by atoms with Crippen LogP contribution in [0.15, 0.2) is 60.0 Å². The molecule has 1 fully saturated rings. The molecule has 1 aromatic carbocycles. The van der Waals surface area contributed by atoms with Crippen LogP contribution in [0.2, 0.25) is 0 Å². The first kappa shape index (κ1) is 26.5. The summed E-state index contributed by atoms with van der Waals surface area (Å²) in [5.41, 5.74) is 3.93. The number of methoxy groups -OCH3 is 1. The van der Waals surface area contributed by atoms with Gasteiger partial charge in [-0.25, -0.2) is 4.79 Å². The average Bonchev–Trinajstić information content (AvgIpc) is 3.40. The van der Waals surface area contributed by atoms with E-state index in [0.717, 1.165) is 22.6 Å². The lowest BCUT2D eigenvalue weighted by molar-refractivity contribution is -0.147. The standard InChI is InChI=1S/C27H29F2NO4S/c1-19(8-6-11-20-9-4-3-5-10-20)23(31)15-13-21-18-27(28,29)26(33)30(21)17-7-12-22-14-16-24(35-22)25(32)34-2/h3-5,9-10,14-16,19H,6-8,11-12,17-18H2,1-2H3/t13?,19-/m1/s1. The van der Waals surface area contributed by atoms with Crippen LogP contribution < -0.4 is 0 Å². The minimum atomic E-state index is -3.50. The number of hydrogen-bond donors (Lipinski definition) is 0. The number of nitrogens with zero attached hydrogens (tertiary/aromatic N) is 1. The van der Waals surface area contributed by atoms with Gasteiger partial charge in [0.15, 0.2) is 5.78 Å². The summed E-state index contributed by atoms with van der Waals surface area (Å²) in [5.74, 6) is -5.65. The van der Waals surface area contributed by atoms with Crippen molar-refractivity contribution in [2.24, 2.45) is 5.92 Å². The first-order chi connectivity index (χ1) is 16.7. The van der Waals surface area contributed by atoms with E-state index >= 15 is 0 Å². The summed E-state index contributed by atoms with van der Waals surface area (Å²) in [6.45, 7) is 1.89. The Labute approximate surface area is 208 Å². The van der Waals surface area contributed by atoms with Crippen LogP contribution in [0, 0.1) is 5.92 Å². The van der Waals surface area contributed by atoms with Gasteiger partial charge in [0.1, 0.15) is 4.88 Å². The fraction of sp³-hybridized carbons (Fsp3) is 0.407. The maximum absolute atomic E-state index is 14.1. The third-order valence-electron chi connectivity index (χ3n) is 5.94. The number of likely N-dealkylation sites (tertiary alicyclic amines) is 1.